The molecule has 2 aromatic carbocycles. The molecular formula is C23H17N5O5S. The van der Waals surface area contributed by atoms with Crippen LogP contribution in [-0.2, 0) is 4.79 Å². The van der Waals surface area contributed by atoms with E-state index in [0.29, 0.717) is 27.7 Å². The molecule has 170 valence electrons. The van der Waals surface area contributed by atoms with Crippen LogP contribution in [0.25, 0.3) is 22.6 Å². The number of benzene rings is 2. The van der Waals surface area contributed by atoms with E-state index in [1.54, 1.807) is 42.5 Å². The lowest BCUT2D eigenvalue weighted by Gasteiger charge is -2.28. The van der Waals surface area contributed by atoms with Crippen LogP contribution in [0.1, 0.15) is 18.9 Å². The number of amides is 1. The summed E-state index contributed by atoms with van der Waals surface area (Å²) < 4.78 is 12.2. The average Bonchev–Trinajstić information content (AvgIpc) is 3.28. The van der Waals surface area contributed by atoms with Crippen molar-refractivity contribution in [2.24, 2.45) is 0 Å². The molecule has 34 heavy (non-hydrogen) atoms. The molecule has 0 N–H and O–H groups in total. The lowest BCUT2D eigenvalue weighted by Crippen LogP contribution is -2.35. The van der Waals surface area contributed by atoms with Crippen LogP contribution in [0.5, 0.6) is 5.88 Å². The van der Waals surface area contributed by atoms with Crippen molar-refractivity contribution in [1.82, 2.24) is 15.2 Å². The van der Waals surface area contributed by atoms with E-state index in [4.69, 9.17) is 9.15 Å². The second-order valence-corrected chi connectivity index (χ2v) is 8.08. The molecule has 2 aromatic heterocycles. The van der Waals surface area contributed by atoms with Crippen molar-refractivity contribution in [2.45, 2.75) is 18.3 Å². The van der Waals surface area contributed by atoms with Gasteiger partial charge < -0.3 is 9.15 Å². The monoisotopic (exact) mass is 475 g/mol. The van der Waals surface area contributed by atoms with E-state index in [1.807, 2.05) is 18.4 Å². The van der Waals surface area contributed by atoms with Crippen molar-refractivity contribution < 1.29 is 18.9 Å². The van der Waals surface area contributed by atoms with Crippen LogP contribution >= 0.6 is 11.8 Å². The number of furan rings is 1. The lowest BCUT2D eigenvalue weighted by molar-refractivity contribution is -0.384. The van der Waals surface area contributed by atoms with Crippen LogP contribution in [0.15, 0.2) is 70.2 Å². The summed E-state index contributed by atoms with van der Waals surface area (Å²) in [6.07, 6.45) is 0.793. The van der Waals surface area contributed by atoms with Crippen LogP contribution in [0.2, 0.25) is 0 Å². The van der Waals surface area contributed by atoms with Crippen LogP contribution in [0.4, 0.5) is 11.4 Å². The normalized spacial score (nSPS) is 14.5. The molecular weight excluding hydrogens is 458 g/mol. The molecule has 4 aromatic rings. The number of nitrogens with zero attached hydrogens (tertiary/aromatic N) is 5. The number of hydrogen-bond donors (Lipinski definition) is 0. The molecule has 0 bridgehead atoms. The number of rotatable bonds is 4. The van der Waals surface area contributed by atoms with E-state index in [9.17, 15) is 14.9 Å². The van der Waals surface area contributed by atoms with E-state index in [-0.39, 0.29) is 29.0 Å². The van der Waals surface area contributed by atoms with E-state index >= 15 is 0 Å². The zero-order valence-electron chi connectivity index (χ0n) is 18.0. The zero-order valence-corrected chi connectivity index (χ0v) is 18.9. The third kappa shape index (κ3) is 3.65. The molecule has 0 spiro atoms. The summed E-state index contributed by atoms with van der Waals surface area (Å²) in [4.78, 5) is 29.8. The quantitative estimate of drug-likeness (QED) is 0.231. The number of ether oxygens (including phenoxy) is 1. The number of carbonyl (C=O) groups is 1. The van der Waals surface area contributed by atoms with Gasteiger partial charge in [-0.15, -0.1) is 10.2 Å². The van der Waals surface area contributed by atoms with Gasteiger partial charge in [-0.3, -0.25) is 19.8 Å². The molecule has 10 nitrogen and oxygen atoms in total. The largest absolute Gasteiger partial charge is 0.455 e. The van der Waals surface area contributed by atoms with Crippen LogP contribution < -0.4 is 9.64 Å². The standard InChI is InChI=1S/C23H17N5O5S/c1-13(29)27-16-9-5-4-8-15(16)20-21(24-23(34-2)26-25-20)33-22(27)19-12-11-18(32-19)14-7-3-6-10-17(14)28(30)31/h3-12,22H,1-2H3/t22-/m1/s1. The second kappa shape index (κ2) is 8.60. The van der Waals surface area contributed by atoms with Gasteiger partial charge in [0.05, 0.1) is 16.2 Å². The van der Waals surface area contributed by atoms with Gasteiger partial charge in [-0.2, -0.15) is 4.98 Å². The highest BCUT2D eigenvalue weighted by Crippen LogP contribution is 2.44. The van der Waals surface area contributed by atoms with Crippen molar-refractivity contribution in [2.75, 3.05) is 11.2 Å². The van der Waals surface area contributed by atoms with E-state index < -0.39 is 11.2 Å². The third-order valence-corrected chi connectivity index (χ3v) is 5.81. The van der Waals surface area contributed by atoms with E-state index in [1.165, 1.54) is 29.7 Å². The number of anilines is 1. The van der Waals surface area contributed by atoms with Crippen LogP contribution in [0, 0.1) is 10.1 Å². The van der Waals surface area contributed by atoms with E-state index in [2.05, 4.69) is 15.2 Å². The maximum Gasteiger partial charge on any atom is 0.280 e. The summed E-state index contributed by atoms with van der Waals surface area (Å²) in [6, 6.07) is 16.7. The smallest absolute Gasteiger partial charge is 0.280 e. The number of thioether (sulfide) groups is 1. The number of nitro benzene ring substituents is 1. The highest BCUT2D eigenvalue weighted by atomic mass is 32.2. The predicted molar refractivity (Wildman–Crippen MR) is 124 cm³/mol. The van der Waals surface area contributed by atoms with Gasteiger partial charge >= 0.3 is 0 Å². The first kappa shape index (κ1) is 21.6. The first-order valence-corrected chi connectivity index (χ1v) is 11.4. The Kier molecular flexibility index (Phi) is 5.46. The summed E-state index contributed by atoms with van der Waals surface area (Å²) in [5.41, 5.74) is 1.80. The summed E-state index contributed by atoms with van der Waals surface area (Å²) >= 11 is 1.31. The van der Waals surface area contributed by atoms with Crippen molar-refractivity contribution in [3.05, 3.63) is 76.5 Å². The molecule has 3 heterocycles. The topological polar surface area (TPSA) is 124 Å². The summed E-state index contributed by atoms with van der Waals surface area (Å²) in [5, 5.41) is 20.3. The number of para-hydroxylation sites is 2. The Labute approximate surface area is 197 Å². The second-order valence-electron chi connectivity index (χ2n) is 7.30. The van der Waals surface area contributed by atoms with E-state index in [0.717, 1.165) is 0 Å². The van der Waals surface area contributed by atoms with Gasteiger partial charge in [0.2, 0.25) is 23.2 Å². The van der Waals surface area contributed by atoms with Crippen molar-refractivity contribution in [3.8, 4) is 28.5 Å². The predicted octanol–water partition coefficient (Wildman–Crippen LogP) is 4.87. The maximum atomic E-state index is 12.8. The Balaban J connectivity index is 1.67. The van der Waals surface area contributed by atoms with Crippen molar-refractivity contribution in [3.63, 3.8) is 0 Å². The van der Waals surface area contributed by atoms with Gasteiger partial charge in [0, 0.05) is 18.6 Å². The summed E-state index contributed by atoms with van der Waals surface area (Å²) in [7, 11) is 0. The molecule has 0 unspecified atom stereocenters. The Morgan fingerprint density at radius 2 is 1.79 bits per heavy atom. The Morgan fingerprint density at radius 3 is 2.53 bits per heavy atom. The maximum absolute atomic E-state index is 12.8. The molecule has 1 amide bonds. The lowest BCUT2D eigenvalue weighted by atomic mass is 10.1. The van der Waals surface area contributed by atoms with Gasteiger partial charge in [0.15, 0.2) is 11.5 Å². The SMILES string of the molecule is CSc1nnc2c(n1)O[C@H](c1ccc(-c3ccccc3[N+](=O)[O-])o1)N(C(C)=O)c1ccccc1-2. The van der Waals surface area contributed by atoms with Gasteiger partial charge in [-0.25, -0.2) is 0 Å². The van der Waals surface area contributed by atoms with Crippen molar-refractivity contribution >= 4 is 29.0 Å². The Hall–Kier alpha value is -4.25. The molecule has 5 rings (SSSR count). The molecule has 0 radical (unpaired) electrons. The summed E-state index contributed by atoms with van der Waals surface area (Å²) in [6.45, 7) is 1.42. The number of aromatic nitrogens is 3. The number of carbonyl (C=O) groups excluding carboxylic acids is 1. The highest BCUT2D eigenvalue weighted by Gasteiger charge is 2.36. The fourth-order valence-corrected chi connectivity index (χ4v) is 4.09. The van der Waals surface area contributed by atoms with Gasteiger partial charge in [0.25, 0.3) is 5.69 Å². The van der Waals surface area contributed by atoms with Gasteiger partial charge in [0.1, 0.15) is 5.76 Å². The molecule has 0 aliphatic carbocycles. The molecule has 1 aliphatic heterocycles. The number of hydrogen-bond acceptors (Lipinski definition) is 9. The fraction of sp³-hybridized carbons (Fsp3) is 0.130. The minimum Gasteiger partial charge on any atom is -0.455 e. The minimum atomic E-state index is -1.03. The minimum absolute atomic E-state index is 0.0918. The first-order valence-electron chi connectivity index (χ1n) is 10.2. The highest BCUT2D eigenvalue weighted by molar-refractivity contribution is 7.98. The Morgan fingerprint density at radius 1 is 1.06 bits per heavy atom. The molecule has 1 atom stereocenters. The van der Waals surface area contributed by atoms with Crippen molar-refractivity contribution in [1.29, 1.82) is 0 Å². The van der Waals surface area contributed by atoms with Crippen LogP contribution in [0.3, 0.4) is 0 Å². The third-order valence-electron chi connectivity index (χ3n) is 5.27. The molecule has 0 saturated heterocycles. The Bertz CT molecular complexity index is 1420. The van der Waals surface area contributed by atoms with Gasteiger partial charge in [-0.1, -0.05) is 42.1 Å². The average molecular weight is 475 g/mol. The van der Waals surface area contributed by atoms with Crippen LogP contribution in [-0.4, -0.2) is 32.3 Å². The molecule has 0 saturated carbocycles. The fourth-order valence-electron chi connectivity index (χ4n) is 3.80. The summed E-state index contributed by atoms with van der Waals surface area (Å²) in [5.74, 6) is 0.448. The molecule has 11 heteroatoms. The molecule has 0 fully saturated rings. The molecule has 1 aliphatic rings. The zero-order chi connectivity index (χ0) is 23.8. The first-order chi connectivity index (χ1) is 16.5. The number of fused-ring (bicyclic) bond motifs is 3. The van der Waals surface area contributed by atoms with Gasteiger partial charge in [-0.05, 0) is 30.5 Å². The number of nitro groups is 1.